The molecule has 0 radical (unpaired) electrons. The normalized spacial score (nSPS) is 12.0. The Kier molecular flexibility index (Phi) is 9.52. The molecule has 0 aliphatic heterocycles. The van der Waals surface area contributed by atoms with Gasteiger partial charge in [-0.3, -0.25) is 0 Å². The van der Waals surface area contributed by atoms with Crippen LogP contribution < -0.4 is 34.0 Å². The van der Waals surface area contributed by atoms with Gasteiger partial charge in [0.25, 0.3) is 0 Å². The van der Waals surface area contributed by atoms with Crippen molar-refractivity contribution in [3.8, 4) is 5.69 Å². The van der Waals surface area contributed by atoms with Gasteiger partial charge >= 0.3 is 25.8 Å². The maximum absolute atomic E-state index is 2.50. The van der Waals surface area contributed by atoms with Crippen LogP contribution in [-0.2, 0) is 38.7 Å². The number of hydrogen-bond donors (Lipinski definition) is 0. The molecule has 0 N–H and O–H groups in total. The number of para-hydroxylation sites is 1. The number of aryl methyl sites for hydroxylation is 1. The molecule has 5 aromatic rings. The number of fused-ring (bicyclic) bond motifs is 4. The number of nitrogens with zero attached hydrogens (tertiary/aromatic N) is 1. The minimum atomic E-state index is 0. The second kappa shape index (κ2) is 11.4. The molecular weight excluding hydrogens is 665 g/mol. The maximum atomic E-state index is 2.50. The molecule has 0 spiro atoms. The van der Waals surface area contributed by atoms with Gasteiger partial charge < -0.3 is 38.5 Å². The average molecular weight is 688 g/mol. The summed E-state index contributed by atoms with van der Waals surface area (Å²) >= 11 is 0. The zero-order valence-corrected chi connectivity index (χ0v) is 23.5. The summed E-state index contributed by atoms with van der Waals surface area (Å²) in [6, 6.07) is 32.2. The Morgan fingerprint density at radius 3 is 2.20 bits per heavy atom. The number of benzene rings is 2. The summed E-state index contributed by atoms with van der Waals surface area (Å²) in [5.74, 6) is 0. The van der Waals surface area contributed by atoms with Crippen molar-refractivity contribution in [1.29, 1.82) is 0 Å². The van der Waals surface area contributed by atoms with E-state index in [1.165, 1.54) is 58.7 Å². The van der Waals surface area contributed by atoms with E-state index in [1.807, 2.05) is 30.3 Å². The van der Waals surface area contributed by atoms with Crippen LogP contribution in [0.5, 0.6) is 0 Å². The molecule has 1 aliphatic carbocycles. The molecule has 1 aromatic heterocycles. The molecule has 150 valence electrons. The Bertz CT molecular complexity index is 1130. The molecule has 0 atom stereocenters. The minimum Gasteiger partial charge on any atom is -1.00 e. The van der Waals surface area contributed by atoms with Crippen LogP contribution >= 0.6 is 0 Å². The second-order valence-electron chi connectivity index (χ2n) is 7.29. The third-order valence-corrected chi connectivity index (χ3v) is 5.60. The van der Waals surface area contributed by atoms with Crippen molar-refractivity contribution in [1.82, 2.24) is 4.57 Å². The Balaban J connectivity index is 0.000000356. The third-order valence-electron chi connectivity index (χ3n) is 5.60. The van der Waals surface area contributed by atoms with Crippen LogP contribution in [0.3, 0.4) is 0 Å². The monoisotopic (exact) mass is 687 g/mol. The first-order valence-electron chi connectivity index (χ1n) is 9.85. The fourth-order valence-electron chi connectivity index (χ4n) is 4.37. The number of rotatable bonds is 1. The summed E-state index contributed by atoms with van der Waals surface area (Å²) in [5.41, 5.74) is 5.79. The van der Waals surface area contributed by atoms with Crippen molar-refractivity contribution in [3.05, 3.63) is 102 Å². The minimum absolute atomic E-state index is 0. The first kappa shape index (κ1) is 25.0. The summed E-state index contributed by atoms with van der Waals surface area (Å²) in [6.45, 7) is 0. The molecule has 0 saturated carbocycles. The van der Waals surface area contributed by atoms with Crippen LogP contribution in [0, 0.1) is 0 Å². The van der Waals surface area contributed by atoms with Crippen molar-refractivity contribution in [2.24, 2.45) is 0 Å². The zero-order chi connectivity index (χ0) is 18.1. The van der Waals surface area contributed by atoms with Gasteiger partial charge in [0.1, 0.15) is 0 Å². The molecule has 1 nitrogen and oxygen atoms in total. The van der Waals surface area contributed by atoms with Crippen molar-refractivity contribution in [3.63, 3.8) is 0 Å². The van der Waals surface area contributed by atoms with E-state index in [4.69, 9.17) is 0 Å². The van der Waals surface area contributed by atoms with Gasteiger partial charge in [0.2, 0.25) is 0 Å². The van der Waals surface area contributed by atoms with E-state index in [0.29, 0.717) is 0 Å². The van der Waals surface area contributed by atoms with Crippen LogP contribution in [0.2, 0.25) is 0 Å². The van der Waals surface area contributed by atoms with E-state index < -0.39 is 0 Å². The molecule has 0 bridgehead atoms. The maximum Gasteiger partial charge on any atom is 4.00 e. The van der Waals surface area contributed by atoms with Gasteiger partial charge in [0.15, 0.2) is 0 Å². The quantitative estimate of drug-likeness (QED) is 0.182. The smallest absolute Gasteiger partial charge is 1.00 e. The number of halogens is 2. The molecule has 0 unspecified atom stereocenters. The summed E-state index contributed by atoms with van der Waals surface area (Å²) in [7, 11) is 0. The van der Waals surface area contributed by atoms with Crippen molar-refractivity contribution in [2.45, 2.75) is 25.7 Å². The van der Waals surface area contributed by atoms with Crippen molar-refractivity contribution in [2.75, 3.05) is 0 Å². The van der Waals surface area contributed by atoms with E-state index in [-0.39, 0.29) is 59.8 Å². The van der Waals surface area contributed by atoms with Gasteiger partial charge in [-0.1, -0.05) is 24.3 Å². The second-order valence-corrected chi connectivity index (χ2v) is 7.29. The first-order valence-corrected chi connectivity index (χ1v) is 9.85. The Morgan fingerprint density at radius 1 is 0.767 bits per heavy atom. The summed E-state index contributed by atoms with van der Waals surface area (Å²) < 4.78 is 2.50. The average Bonchev–Trinajstić information content (AvgIpc) is 3.46. The largest absolute Gasteiger partial charge is 4.00 e. The molecule has 1 heterocycles. The summed E-state index contributed by atoms with van der Waals surface area (Å²) in [5, 5.41) is 4.11. The van der Waals surface area contributed by atoms with E-state index in [0.717, 1.165) is 0 Å². The molecule has 1 aliphatic rings. The van der Waals surface area contributed by atoms with Gasteiger partial charge in [-0.05, 0) is 43.0 Å². The van der Waals surface area contributed by atoms with E-state index in [2.05, 4.69) is 65.2 Å². The van der Waals surface area contributed by atoms with Crippen LogP contribution in [0.1, 0.15) is 24.1 Å². The Labute approximate surface area is 218 Å². The number of hydrogen-bond acceptors (Lipinski definition) is 0. The van der Waals surface area contributed by atoms with Gasteiger partial charge in [-0.2, -0.15) is 18.2 Å². The molecule has 4 aromatic carbocycles. The van der Waals surface area contributed by atoms with Crippen molar-refractivity contribution < 1.29 is 59.8 Å². The predicted molar refractivity (Wildman–Crippen MR) is 115 cm³/mol. The molecular formula is C26H23Br2HfN. The van der Waals surface area contributed by atoms with Crippen LogP contribution in [0.15, 0.2) is 91.0 Å². The first-order chi connectivity index (χ1) is 13.4. The Morgan fingerprint density at radius 2 is 1.47 bits per heavy atom. The third kappa shape index (κ3) is 4.81. The van der Waals surface area contributed by atoms with Crippen LogP contribution in [0.4, 0.5) is 0 Å². The topological polar surface area (TPSA) is 4.93 Å². The fourth-order valence-corrected chi connectivity index (χ4v) is 4.37. The Hall–Kier alpha value is -1.23. The molecule has 0 amide bonds. The van der Waals surface area contributed by atoms with Gasteiger partial charge in [0, 0.05) is 11.1 Å². The van der Waals surface area contributed by atoms with Gasteiger partial charge in [0.05, 0.1) is 5.52 Å². The molecule has 0 fully saturated rings. The molecule has 30 heavy (non-hydrogen) atoms. The molecule has 6 rings (SSSR count). The van der Waals surface area contributed by atoms with Gasteiger partial charge in [-0.25, -0.2) is 12.1 Å². The SMILES string of the molecule is [Br-].[Br-].[Hf+4].c1cc[cH-]c1.c1ccc2[cH-]c(-n3c4c(c5ccccc53)CCCC4)cc2c1. The van der Waals surface area contributed by atoms with Crippen molar-refractivity contribution >= 4 is 21.7 Å². The molecule has 0 saturated heterocycles. The summed E-state index contributed by atoms with van der Waals surface area (Å²) in [4.78, 5) is 0. The van der Waals surface area contributed by atoms with Crippen LogP contribution in [0.25, 0.3) is 27.4 Å². The summed E-state index contributed by atoms with van der Waals surface area (Å²) in [6.07, 6.45) is 5.06. The van der Waals surface area contributed by atoms with Gasteiger partial charge in [-0.15, -0.1) is 41.1 Å². The fraction of sp³-hybridized carbons (Fsp3) is 0.154. The van der Waals surface area contributed by atoms with E-state index >= 15 is 0 Å². The van der Waals surface area contributed by atoms with Crippen LogP contribution in [-0.4, -0.2) is 4.57 Å². The van der Waals surface area contributed by atoms with E-state index in [1.54, 1.807) is 5.56 Å². The standard InChI is InChI=1S/C21H18N.C5H5.2BrH.Hf/c1-2-8-16-14-17(13-15(16)7-1)22-20-11-5-3-9-18(20)19-10-4-6-12-21(19)22;1-2-4-5-3-1;;;/h1-3,5,7-9,11,13-14H,4,6,10,12H2;1-5H;2*1H;/q2*-1;;;+4/p-2. The zero-order valence-electron chi connectivity index (χ0n) is 16.7. The number of aromatic nitrogens is 1. The van der Waals surface area contributed by atoms with E-state index in [9.17, 15) is 0 Å². The molecule has 4 heteroatoms. The predicted octanol–water partition coefficient (Wildman–Crippen LogP) is 0.792.